The van der Waals surface area contributed by atoms with Gasteiger partial charge in [0.05, 0.1) is 21.9 Å². The number of halogens is 1. The summed E-state index contributed by atoms with van der Waals surface area (Å²) in [5.41, 5.74) is 0.947. The third kappa shape index (κ3) is 2.46. The van der Waals surface area contributed by atoms with Gasteiger partial charge in [0.2, 0.25) is 5.91 Å². The first-order valence-corrected chi connectivity index (χ1v) is 9.97. The van der Waals surface area contributed by atoms with Crippen LogP contribution in [0.15, 0.2) is 18.2 Å². The SMILES string of the molecule is CC(=O)NC[C@H]1[C@H]2CN(c3nc4ccc(Cl)cc4s3)C[C@]23CC[C@H]1O3. The molecule has 2 aromatic rings. The summed E-state index contributed by atoms with van der Waals surface area (Å²) in [5.74, 6) is 0.912. The summed E-state index contributed by atoms with van der Waals surface area (Å²) < 4.78 is 7.56. The molecule has 5 nitrogen and oxygen atoms in total. The van der Waals surface area contributed by atoms with Gasteiger partial charge in [-0.1, -0.05) is 22.9 Å². The molecule has 1 N–H and O–H groups in total. The van der Waals surface area contributed by atoms with Gasteiger partial charge in [-0.25, -0.2) is 4.98 Å². The molecule has 3 fully saturated rings. The lowest BCUT2D eigenvalue weighted by Crippen LogP contribution is -2.41. The van der Waals surface area contributed by atoms with Crippen molar-refractivity contribution in [3.05, 3.63) is 23.2 Å². The van der Waals surface area contributed by atoms with E-state index in [9.17, 15) is 4.79 Å². The molecule has 2 bridgehead atoms. The molecular formula is C18H20ClN3O2S. The number of ether oxygens (including phenoxy) is 1. The number of carbonyl (C=O) groups is 1. The van der Waals surface area contributed by atoms with Crippen LogP contribution in [0.25, 0.3) is 10.2 Å². The van der Waals surface area contributed by atoms with Crippen LogP contribution in [0.2, 0.25) is 5.02 Å². The highest BCUT2D eigenvalue weighted by molar-refractivity contribution is 7.22. The minimum Gasteiger partial charge on any atom is -0.369 e. The minimum absolute atomic E-state index is 0.0368. The Labute approximate surface area is 155 Å². The Hall–Kier alpha value is -1.37. The fraction of sp³-hybridized carbons (Fsp3) is 0.556. The van der Waals surface area contributed by atoms with Crippen LogP contribution in [0.4, 0.5) is 5.13 Å². The molecule has 0 saturated carbocycles. The largest absolute Gasteiger partial charge is 0.369 e. The Bertz CT molecular complexity index is 856. The van der Waals surface area contributed by atoms with E-state index in [0.717, 1.165) is 52.8 Å². The third-order valence-electron chi connectivity index (χ3n) is 5.98. The topological polar surface area (TPSA) is 54.5 Å². The van der Waals surface area contributed by atoms with Crippen molar-refractivity contribution in [2.75, 3.05) is 24.5 Å². The van der Waals surface area contributed by atoms with E-state index in [1.807, 2.05) is 18.2 Å². The number of anilines is 1. The Morgan fingerprint density at radius 2 is 2.44 bits per heavy atom. The maximum absolute atomic E-state index is 11.3. The highest BCUT2D eigenvalue weighted by Crippen LogP contribution is 2.55. The van der Waals surface area contributed by atoms with Gasteiger partial charge < -0.3 is 15.0 Å². The number of nitrogens with one attached hydrogen (secondary N) is 1. The van der Waals surface area contributed by atoms with Crippen LogP contribution in [0.5, 0.6) is 0 Å². The van der Waals surface area contributed by atoms with Crippen LogP contribution in [0, 0.1) is 11.8 Å². The van der Waals surface area contributed by atoms with E-state index < -0.39 is 0 Å². The molecule has 1 spiro atoms. The van der Waals surface area contributed by atoms with Crippen molar-refractivity contribution < 1.29 is 9.53 Å². The van der Waals surface area contributed by atoms with E-state index in [1.165, 1.54) is 0 Å². The quantitative estimate of drug-likeness (QED) is 0.893. The van der Waals surface area contributed by atoms with Gasteiger partial charge in [-0.15, -0.1) is 0 Å². The zero-order valence-electron chi connectivity index (χ0n) is 14.0. The number of hydrogen-bond donors (Lipinski definition) is 1. The van der Waals surface area contributed by atoms with Crippen molar-refractivity contribution >= 4 is 44.2 Å². The summed E-state index contributed by atoms with van der Waals surface area (Å²) in [4.78, 5) is 18.5. The Morgan fingerprint density at radius 1 is 1.56 bits per heavy atom. The predicted molar refractivity (Wildman–Crippen MR) is 99.3 cm³/mol. The summed E-state index contributed by atoms with van der Waals surface area (Å²) >= 11 is 7.80. The molecule has 3 aliphatic rings. The number of thiazole rings is 1. The number of aromatic nitrogens is 1. The Morgan fingerprint density at radius 3 is 3.28 bits per heavy atom. The Kier molecular flexibility index (Phi) is 3.53. The van der Waals surface area contributed by atoms with E-state index in [0.29, 0.717) is 17.9 Å². The fourth-order valence-corrected chi connectivity index (χ4v) is 6.14. The Balaban J connectivity index is 1.41. The monoisotopic (exact) mass is 377 g/mol. The molecule has 25 heavy (non-hydrogen) atoms. The third-order valence-corrected chi connectivity index (χ3v) is 7.29. The summed E-state index contributed by atoms with van der Waals surface area (Å²) in [7, 11) is 0. The van der Waals surface area contributed by atoms with Gasteiger partial charge in [-0.3, -0.25) is 4.79 Å². The van der Waals surface area contributed by atoms with Crippen LogP contribution in [-0.4, -0.2) is 42.2 Å². The molecule has 5 rings (SSSR count). The molecule has 7 heteroatoms. The van der Waals surface area contributed by atoms with Crippen molar-refractivity contribution in [1.82, 2.24) is 10.3 Å². The van der Waals surface area contributed by atoms with Gasteiger partial charge in [0.15, 0.2) is 5.13 Å². The van der Waals surface area contributed by atoms with E-state index in [4.69, 9.17) is 21.3 Å². The number of carbonyl (C=O) groups excluding carboxylic acids is 1. The van der Waals surface area contributed by atoms with Crippen molar-refractivity contribution in [3.63, 3.8) is 0 Å². The molecule has 1 aromatic heterocycles. The molecule has 3 aliphatic heterocycles. The number of benzene rings is 1. The smallest absolute Gasteiger partial charge is 0.216 e. The average Bonchev–Trinajstić information content (AvgIpc) is 3.29. The second-order valence-electron chi connectivity index (χ2n) is 7.46. The zero-order valence-corrected chi connectivity index (χ0v) is 15.6. The number of hydrogen-bond acceptors (Lipinski definition) is 5. The first-order chi connectivity index (χ1) is 12.0. The summed E-state index contributed by atoms with van der Waals surface area (Å²) in [6, 6.07) is 5.85. The number of amides is 1. The van der Waals surface area contributed by atoms with Gasteiger partial charge in [-0.2, -0.15) is 0 Å². The van der Waals surface area contributed by atoms with Crippen LogP contribution >= 0.6 is 22.9 Å². The van der Waals surface area contributed by atoms with Gasteiger partial charge in [0.1, 0.15) is 0 Å². The van der Waals surface area contributed by atoms with E-state index in [-0.39, 0.29) is 11.5 Å². The maximum Gasteiger partial charge on any atom is 0.216 e. The lowest BCUT2D eigenvalue weighted by atomic mass is 9.73. The predicted octanol–water partition coefficient (Wildman–Crippen LogP) is 3.07. The molecule has 0 unspecified atom stereocenters. The molecule has 0 aliphatic carbocycles. The van der Waals surface area contributed by atoms with Crippen molar-refractivity contribution in [2.24, 2.45) is 11.8 Å². The van der Waals surface area contributed by atoms with E-state index >= 15 is 0 Å². The van der Waals surface area contributed by atoms with Crippen molar-refractivity contribution in [2.45, 2.75) is 31.5 Å². The lowest BCUT2D eigenvalue weighted by molar-refractivity contribution is -0.119. The first-order valence-electron chi connectivity index (χ1n) is 8.77. The number of rotatable bonds is 3. The van der Waals surface area contributed by atoms with Crippen molar-refractivity contribution in [3.8, 4) is 0 Å². The zero-order chi connectivity index (χ0) is 17.2. The van der Waals surface area contributed by atoms with E-state index in [1.54, 1.807) is 18.3 Å². The molecule has 1 aromatic carbocycles. The van der Waals surface area contributed by atoms with Gasteiger partial charge in [0.25, 0.3) is 0 Å². The number of fused-ring (bicyclic) bond motifs is 2. The van der Waals surface area contributed by atoms with E-state index in [2.05, 4.69) is 10.2 Å². The molecule has 132 valence electrons. The van der Waals surface area contributed by atoms with Crippen LogP contribution in [0.1, 0.15) is 19.8 Å². The summed E-state index contributed by atoms with van der Waals surface area (Å²) in [6.07, 6.45) is 2.52. The fourth-order valence-electron chi connectivity index (χ4n) is 4.89. The van der Waals surface area contributed by atoms with Crippen LogP contribution < -0.4 is 10.2 Å². The average molecular weight is 378 g/mol. The minimum atomic E-state index is -0.0523. The molecular weight excluding hydrogens is 358 g/mol. The highest BCUT2D eigenvalue weighted by Gasteiger charge is 2.63. The lowest BCUT2D eigenvalue weighted by Gasteiger charge is -2.29. The van der Waals surface area contributed by atoms with Crippen LogP contribution in [0.3, 0.4) is 0 Å². The second kappa shape index (κ2) is 5.56. The first kappa shape index (κ1) is 15.9. The molecule has 1 amide bonds. The summed E-state index contributed by atoms with van der Waals surface area (Å²) in [6.45, 7) is 4.15. The summed E-state index contributed by atoms with van der Waals surface area (Å²) in [5, 5.41) is 4.79. The standard InChI is InChI=1S/C18H20ClN3O2S/c1-10(23)20-7-12-13-8-22(9-18(13)5-4-15(12)24-18)17-21-14-3-2-11(19)6-16(14)25-17/h2-3,6,12-13,15H,4-5,7-9H2,1H3,(H,20,23)/t12-,13+,15+,18+/m0/s1. The highest BCUT2D eigenvalue weighted by atomic mass is 35.5. The molecule has 0 radical (unpaired) electrons. The second-order valence-corrected chi connectivity index (χ2v) is 8.90. The van der Waals surface area contributed by atoms with Crippen molar-refractivity contribution in [1.29, 1.82) is 0 Å². The number of nitrogens with zero attached hydrogens (tertiary/aromatic N) is 2. The molecule has 3 saturated heterocycles. The molecule has 4 atom stereocenters. The van der Waals surface area contributed by atoms with Crippen LogP contribution in [-0.2, 0) is 9.53 Å². The normalized spacial score (nSPS) is 33.2. The maximum atomic E-state index is 11.3. The van der Waals surface area contributed by atoms with Gasteiger partial charge >= 0.3 is 0 Å². The van der Waals surface area contributed by atoms with Gasteiger partial charge in [-0.05, 0) is 31.0 Å². The van der Waals surface area contributed by atoms with Gasteiger partial charge in [0, 0.05) is 43.4 Å². The molecule has 4 heterocycles.